The van der Waals surface area contributed by atoms with E-state index in [1.165, 1.54) is 6.42 Å². The highest BCUT2D eigenvalue weighted by Gasteiger charge is 2.32. The van der Waals surface area contributed by atoms with E-state index >= 15 is 0 Å². The Morgan fingerprint density at radius 2 is 2.12 bits per heavy atom. The van der Waals surface area contributed by atoms with Crippen molar-refractivity contribution in [3.05, 3.63) is 0 Å². The zero-order chi connectivity index (χ0) is 11.8. The molecular formula is C11H22N2O2S. The van der Waals surface area contributed by atoms with Gasteiger partial charge >= 0.3 is 0 Å². The van der Waals surface area contributed by atoms with Gasteiger partial charge in [-0.05, 0) is 32.7 Å². The van der Waals surface area contributed by atoms with Crippen LogP contribution in [0.1, 0.15) is 20.3 Å². The second-order valence-corrected chi connectivity index (χ2v) is 7.48. The van der Waals surface area contributed by atoms with E-state index in [0.29, 0.717) is 30.0 Å². The van der Waals surface area contributed by atoms with E-state index in [-0.39, 0.29) is 6.04 Å². The average molecular weight is 246 g/mol. The van der Waals surface area contributed by atoms with Gasteiger partial charge in [-0.15, -0.1) is 0 Å². The summed E-state index contributed by atoms with van der Waals surface area (Å²) in [4.78, 5) is 2.34. The van der Waals surface area contributed by atoms with E-state index in [1.54, 1.807) is 0 Å². The number of hydrogen-bond donors (Lipinski definition) is 1. The Bertz CT molecular complexity index is 342. The van der Waals surface area contributed by atoms with Crippen LogP contribution in [0, 0.1) is 5.92 Å². The Hall–Kier alpha value is -0.130. The lowest BCUT2D eigenvalue weighted by Crippen LogP contribution is -2.49. The second-order valence-electron chi connectivity index (χ2n) is 5.25. The standard InChI is InChI=1S/C11H22N2O2S/c1-9-8-16(14,15)6-5-13(9)7-11-3-4-12-10(11)2/h9-12H,3-8H2,1-2H3. The first-order valence-electron chi connectivity index (χ1n) is 6.16. The fourth-order valence-electron chi connectivity index (χ4n) is 2.77. The van der Waals surface area contributed by atoms with Crippen LogP contribution in [0.2, 0.25) is 0 Å². The average Bonchev–Trinajstić information content (AvgIpc) is 2.56. The quantitative estimate of drug-likeness (QED) is 0.751. The van der Waals surface area contributed by atoms with Crippen LogP contribution < -0.4 is 5.32 Å². The van der Waals surface area contributed by atoms with Crippen molar-refractivity contribution >= 4 is 9.84 Å². The molecule has 3 atom stereocenters. The Labute approximate surface area is 98.3 Å². The lowest BCUT2D eigenvalue weighted by atomic mass is 10.0. The van der Waals surface area contributed by atoms with Crippen molar-refractivity contribution in [3.63, 3.8) is 0 Å². The highest BCUT2D eigenvalue weighted by atomic mass is 32.2. The molecule has 2 aliphatic rings. The van der Waals surface area contributed by atoms with Crippen LogP contribution in [0.3, 0.4) is 0 Å². The molecule has 0 saturated carbocycles. The zero-order valence-corrected chi connectivity index (χ0v) is 11.0. The fraction of sp³-hybridized carbons (Fsp3) is 1.00. The molecule has 2 heterocycles. The van der Waals surface area contributed by atoms with Crippen LogP contribution in [-0.4, -0.2) is 56.5 Å². The first kappa shape index (κ1) is 12.3. The molecule has 0 aliphatic carbocycles. The minimum atomic E-state index is -2.77. The van der Waals surface area contributed by atoms with Crippen molar-refractivity contribution in [1.82, 2.24) is 10.2 Å². The highest BCUT2D eigenvalue weighted by Crippen LogP contribution is 2.20. The molecule has 0 amide bonds. The van der Waals surface area contributed by atoms with Crippen LogP contribution in [0.25, 0.3) is 0 Å². The molecule has 2 aliphatic heterocycles. The predicted molar refractivity (Wildman–Crippen MR) is 65.3 cm³/mol. The molecule has 2 rings (SSSR count). The molecule has 94 valence electrons. The monoisotopic (exact) mass is 246 g/mol. The van der Waals surface area contributed by atoms with Gasteiger partial charge in [0.05, 0.1) is 11.5 Å². The lowest BCUT2D eigenvalue weighted by Gasteiger charge is -2.35. The number of nitrogens with one attached hydrogen (secondary N) is 1. The van der Waals surface area contributed by atoms with Crippen molar-refractivity contribution in [1.29, 1.82) is 0 Å². The number of sulfone groups is 1. The first-order valence-corrected chi connectivity index (χ1v) is 7.98. The minimum Gasteiger partial charge on any atom is -0.314 e. The van der Waals surface area contributed by atoms with E-state index < -0.39 is 9.84 Å². The summed E-state index contributed by atoms with van der Waals surface area (Å²) < 4.78 is 22.9. The molecule has 2 fully saturated rings. The summed E-state index contributed by atoms with van der Waals surface area (Å²) in [5.41, 5.74) is 0. The van der Waals surface area contributed by atoms with E-state index in [2.05, 4.69) is 17.1 Å². The van der Waals surface area contributed by atoms with Crippen molar-refractivity contribution in [2.45, 2.75) is 32.4 Å². The van der Waals surface area contributed by atoms with Crippen LogP contribution in [0.4, 0.5) is 0 Å². The van der Waals surface area contributed by atoms with Crippen LogP contribution in [0.15, 0.2) is 0 Å². The molecule has 3 unspecified atom stereocenters. The normalized spacial score (nSPS) is 40.0. The van der Waals surface area contributed by atoms with Crippen molar-refractivity contribution in [3.8, 4) is 0 Å². The smallest absolute Gasteiger partial charge is 0.153 e. The minimum absolute atomic E-state index is 0.187. The van der Waals surface area contributed by atoms with E-state index in [0.717, 1.165) is 13.1 Å². The highest BCUT2D eigenvalue weighted by molar-refractivity contribution is 7.91. The Balaban J connectivity index is 1.91. The molecule has 0 aromatic rings. The van der Waals surface area contributed by atoms with Crippen molar-refractivity contribution in [2.75, 3.05) is 31.1 Å². The summed E-state index contributed by atoms with van der Waals surface area (Å²) >= 11 is 0. The van der Waals surface area contributed by atoms with Gasteiger partial charge in [-0.1, -0.05) is 0 Å². The maximum absolute atomic E-state index is 11.5. The maximum atomic E-state index is 11.5. The molecule has 0 bridgehead atoms. The van der Waals surface area contributed by atoms with E-state index in [4.69, 9.17) is 0 Å². The summed E-state index contributed by atoms with van der Waals surface area (Å²) in [7, 11) is -2.77. The molecule has 5 heteroatoms. The predicted octanol–water partition coefficient (Wildman–Crippen LogP) is 0.103. The lowest BCUT2D eigenvalue weighted by molar-refractivity contribution is 0.186. The molecule has 0 aromatic carbocycles. The molecule has 4 nitrogen and oxygen atoms in total. The van der Waals surface area contributed by atoms with Crippen LogP contribution in [0.5, 0.6) is 0 Å². The van der Waals surface area contributed by atoms with Gasteiger partial charge < -0.3 is 5.32 Å². The third kappa shape index (κ3) is 2.76. The van der Waals surface area contributed by atoms with Gasteiger partial charge in [-0.25, -0.2) is 8.42 Å². The molecule has 0 aromatic heterocycles. The fourth-order valence-corrected chi connectivity index (χ4v) is 4.39. The largest absolute Gasteiger partial charge is 0.314 e. The van der Waals surface area contributed by atoms with Crippen molar-refractivity contribution in [2.24, 2.45) is 5.92 Å². The van der Waals surface area contributed by atoms with Gasteiger partial charge in [-0.3, -0.25) is 4.90 Å². The van der Waals surface area contributed by atoms with Crippen LogP contribution >= 0.6 is 0 Å². The number of hydrogen-bond acceptors (Lipinski definition) is 4. The molecule has 1 N–H and O–H groups in total. The molecule has 0 spiro atoms. The Kier molecular flexibility index (Phi) is 3.56. The Morgan fingerprint density at radius 3 is 2.69 bits per heavy atom. The van der Waals surface area contributed by atoms with Gasteiger partial charge in [0.2, 0.25) is 0 Å². The number of rotatable bonds is 2. The summed E-state index contributed by atoms with van der Waals surface area (Å²) in [5, 5.41) is 3.45. The topological polar surface area (TPSA) is 49.4 Å². The van der Waals surface area contributed by atoms with E-state index in [9.17, 15) is 8.42 Å². The third-order valence-corrected chi connectivity index (χ3v) is 5.76. The summed E-state index contributed by atoms with van der Waals surface area (Å²) in [6, 6.07) is 0.761. The molecule has 2 saturated heterocycles. The van der Waals surface area contributed by atoms with Gasteiger partial charge in [0.1, 0.15) is 0 Å². The number of nitrogens with zero attached hydrogens (tertiary/aromatic N) is 1. The maximum Gasteiger partial charge on any atom is 0.153 e. The molecule has 16 heavy (non-hydrogen) atoms. The second kappa shape index (κ2) is 4.63. The third-order valence-electron chi connectivity index (χ3n) is 3.97. The van der Waals surface area contributed by atoms with Gasteiger partial charge in [0.25, 0.3) is 0 Å². The molecular weight excluding hydrogens is 224 g/mol. The SMILES string of the molecule is CC1NCCC1CN1CCS(=O)(=O)CC1C. The molecule has 0 radical (unpaired) electrons. The zero-order valence-electron chi connectivity index (χ0n) is 10.1. The summed E-state index contributed by atoms with van der Waals surface area (Å²) in [6.45, 7) is 7.12. The van der Waals surface area contributed by atoms with Crippen LogP contribution in [-0.2, 0) is 9.84 Å². The first-order chi connectivity index (χ1) is 7.48. The summed E-state index contributed by atoms with van der Waals surface area (Å²) in [6.07, 6.45) is 1.22. The van der Waals surface area contributed by atoms with E-state index in [1.807, 2.05) is 6.92 Å². The Morgan fingerprint density at radius 1 is 1.38 bits per heavy atom. The van der Waals surface area contributed by atoms with Gasteiger partial charge in [0, 0.05) is 25.2 Å². The summed E-state index contributed by atoms with van der Waals surface area (Å²) in [5.74, 6) is 1.36. The van der Waals surface area contributed by atoms with Gasteiger partial charge in [0.15, 0.2) is 9.84 Å². The van der Waals surface area contributed by atoms with Gasteiger partial charge in [-0.2, -0.15) is 0 Å². The van der Waals surface area contributed by atoms with Crippen molar-refractivity contribution < 1.29 is 8.42 Å².